The van der Waals surface area contributed by atoms with Gasteiger partial charge in [-0.15, -0.1) is 0 Å². The number of thioether (sulfide) groups is 1. The van der Waals surface area contributed by atoms with Gasteiger partial charge in [0.1, 0.15) is 5.82 Å². The Morgan fingerprint density at radius 2 is 1.79 bits per heavy atom. The Morgan fingerprint density at radius 3 is 2.46 bits per heavy atom. The number of anilines is 1. The van der Waals surface area contributed by atoms with Crippen LogP contribution < -0.4 is 10.2 Å². The minimum absolute atomic E-state index is 0.189. The monoisotopic (exact) mass is 398 g/mol. The Kier molecular flexibility index (Phi) is 7.15. The second kappa shape index (κ2) is 9.78. The van der Waals surface area contributed by atoms with Crippen LogP contribution in [0.3, 0.4) is 0 Å². The molecule has 0 spiro atoms. The SMILES string of the molecule is CN(C)c1ccc(C2CC(=O)C=C(NCCSCc3ccc(F)cc3)C2)cc1. The third-order valence-electron chi connectivity index (χ3n) is 4.91. The fourth-order valence-electron chi connectivity index (χ4n) is 3.35. The van der Waals surface area contributed by atoms with Crippen molar-refractivity contribution in [2.45, 2.75) is 24.5 Å². The van der Waals surface area contributed by atoms with Crippen molar-refractivity contribution in [2.75, 3.05) is 31.3 Å². The lowest BCUT2D eigenvalue weighted by Gasteiger charge is -2.24. The van der Waals surface area contributed by atoms with Crippen molar-refractivity contribution in [2.24, 2.45) is 0 Å². The van der Waals surface area contributed by atoms with E-state index >= 15 is 0 Å². The molecular formula is C23H27FN2OS. The highest BCUT2D eigenvalue weighted by atomic mass is 32.2. The summed E-state index contributed by atoms with van der Waals surface area (Å²) in [7, 11) is 4.05. The molecule has 5 heteroatoms. The average Bonchev–Trinajstić information content (AvgIpc) is 2.69. The molecular weight excluding hydrogens is 371 g/mol. The number of ketones is 1. The molecule has 1 atom stereocenters. The van der Waals surface area contributed by atoms with Gasteiger partial charge in [-0.25, -0.2) is 4.39 Å². The maximum absolute atomic E-state index is 12.9. The molecule has 1 aliphatic carbocycles. The van der Waals surface area contributed by atoms with Crippen LogP contribution in [0.4, 0.5) is 10.1 Å². The van der Waals surface area contributed by atoms with Crippen LogP contribution in [0.2, 0.25) is 0 Å². The number of allylic oxidation sites excluding steroid dienone is 2. The zero-order valence-electron chi connectivity index (χ0n) is 16.5. The van der Waals surface area contributed by atoms with Crippen LogP contribution >= 0.6 is 11.8 Å². The number of nitrogens with one attached hydrogen (secondary N) is 1. The maximum atomic E-state index is 12.9. The van der Waals surface area contributed by atoms with Gasteiger partial charge in [0.2, 0.25) is 0 Å². The molecule has 0 bridgehead atoms. The molecule has 2 aromatic rings. The first-order valence-corrected chi connectivity index (χ1v) is 10.7. The number of benzene rings is 2. The van der Waals surface area contributed by atoms with Gasteiger partial charge < -0.3 is 10.2 Å². The summed E-state index contributed by atoms with van der Waals surface area (Å²) in [4.78, 5) is 14.2. The molecule has 0 amide bonds. The number of hydrogen-bond acceptors (Lipinski definition) is 4. The summed E-state index contributed by atoms with van der Waals surface area (Å²) in [6.45, 7) is 0.817. The summed E-state index contributed by atoms with van der Waals surface area (Å²) in [6.07, 6.45) is 3.21. The van der Waals surface area contributed by atoms with Crippen LogP contribution in [0.25, 0.3) is 0 Å². The normalized spacial score (nSPS) is 16.6. The molecule has 0 aromatic heterocycles. The van der Waals surface area contributed by atoms with Gasteiger partial charge in [0.15, 0.2) is 5.78 Å². The van der Waals surface area contributed by atoms with Gasteiger partial charge >= 0.3 is 0 Å². The van der Waals surface area contributed by atoms with Gasteiger partial charge in [-0.3, -0.25) is 4.79 Å². The van der Waals surface area contributed by atoms with E-state index in [-0.39, 0.29) is 17.5 Å². The van der Waals surface area contributed by atoms with E-state index in [9.17, 15) is 9.18 Å². The van der Waals surface area contributed by atoms with Gasteiger partial charge in [-0.05, 0) is 47.7 Å². The Hall–Kier alpha value is -2.27. The van der Waals surface area contributed by atoms with Crippen molar-refractivity contribution in [3.63, 3.8) is 0 Å². The minimum atomic E-state index is -0.199. The van der Waals surface area contributed by atoms with Gasteiger partial charge in [0.05, 0.1) is 0 Å². The highest BCUT2D eigenvalue weighted by molar-refractivity contribution is 7.98. The van der Waals surface area contributed by atoms with E-state index in [2.05, 4.69) is 34.5 Å². The second-order valence-corrected chi connectivity index (χ2v) is 8.44. The highest BCUT2D eigenvalue weighted by Crippen LogP contribution is 2.31. The fraction of sp³-hybridized carbons (Fsp3) is 0.348. The van der Waals surface area contributed by atoms with Crippen molar-refractivity contribution in [3.05, 3.63) is 77.2 Å². The van der Waals surface area contributed by atoms with E-state index in [1.165, 1.54) is 17.7 Å². The minimum Gasteiger partial charge on any atom is -0.387 e. The molecule has 2 aromatic carbocycles. The Morgan fingerprint density at radius 1 is 1.07 bits per heavy atom. The lowest BCUT2D eigenvalue weighted by atomic mass is 9.85. The topological polar surface area (TPSA) is 32.3 Å². The van der Waals surface area contributed by atoms with E-state index in [0.717, 1.165) is 41.4 Å². The summed E-state index contributed by atoms with van der Waals surface area (Å²) in [5.74, 6) is 2.03. The summed E-state index contributed by atoms with van der Waals surface area (Å²) in [5.41, 5.74) is 4.54. The number of carbonyl (C=O) groups is 1. The second-order valence-electron chi connectivity index (χ2n) is 7.33. The molecule has 1 N–H and O–H groups in total. The van der Waals surface area contributed by atoms with Gasteiger partial charge in [-0.2, -0.15) is 11.8 Å². The van der Waals surface area contributed by atoms with Gasteiger partial charge in [0, 0.05) is 56.0 Å². The molecule has 28 heavy (non-hydrogen) atoms. The van der Waals surface area contributed by atoms with Crippen molar-refractivity contribution < 1.29 is 9.18 Å². The summed E-state index contributed by atoms with van der Waals surface area (Å²) < 4.78 is 12.9. The molecule has 1 unspecified atom stereocenters. The van der Waals surface area contributed by atoms with Crippen LogP contribution in [0.15, 0.2) is 60.3 Å². The van der Waals surface area contributed by atoms with Crippen LogP contribution in [-0.2, 0) is 10.5 Å². The van der Waals surface area contributed by atoms with E-state index in [1.807, 2.05) is 26.2 Å². The molecule has 1 aliphatic rings. The number of carbonyl (C=O) groups excluding carboxylic acids is 1. The van der Waals surface area contributed by atoms with E-state index in [0.29, 0.717) is 6.42 Å². The zero-order chi connectivity index (χ0) is 19.9. The first kappa shape index (κ1) is 20.5. The Bertz CT molecular complexity index is 816. The maximum Gasteiger partial charge on any atom is 0.158 e. The standard InChI is InChI=1S/C23H27FN2OS/c1-26(2)22-9-5-18(6-10-22)19-13-21(15-23(27)14-19)25-11-12-28-16-17-3-7-20(24)8-4-17/h3-10,15,19,25H,11-14,16H2,1-2H3. The first-order chi connectivity index (χ1) is 13.5. The molecule has 0 saturated carbocycles. The molecule has 0 heterocycles. The molecule has 148 valence electrons. The largest absolute Gasteiger partial charge is 0.387 e. The first-order valence-electron chi connectivity index (χ1n) is 9.58. The third kappa shape index (κ3) is 5.86. The molecule has 0 saturated heterocycles. The van der Waals surface area contributed by atoms with Crippen molar-refractivity contribution in [1.82, 2.24) is 5.32 Å². The fourth-order valence-corrected chi connectivity index (χ4v) is 4.17. The smallest absolute Gasteiger partial charge is 0.158 e. The van der Waals surface area contributed by atoms with E-state index < -0.39 is 0 Å². The predicted molar refractivity (Wildman–Crippen MR) is 116 cm³/mol. The van der Waals surface area contributed by atoms with Gasteiger partial charge in [-0.1, -0.05) is 24.3 Å². The molecule has 0 fully saturated rings. The quantitative estimate of drug-likeness (QED) is 0.651. The van der Waals surface area contributed by atoms with E-state index in [4.69, 9.17) is 0 Å². The third-order valence-corrected chi connectivity index (χ3v) is 5.94. The predicted octanol–water partition coefficient (Wildman–Crippen LogP) is 4.75. The van der Waals surface area contributed by atoms with Crippen LogP contribution in [-0.4, -0.2) is 32.2 Å². The average molecular weight is 399 g/mol. The summed E-state index contributed by atoms with van der Waals surface area (Å²) in [5, 5.41) is 3.43. The highest BCUT2D eigenvalue weighted by Gasteiger charge is 2.22. The van der Waals surface area contributed by atoms with Crippen molar-refractivity contribution in [3.8, 4) is 0 Å². The molecule has 3 nitrogen and oxygen atoms in total. The number of halogens is 1. The lowest BCUT2D eigenvalue weighted by molar-refractivity contribution is -0.115. The van der Waals surface area contributed by atoms with Crippen LogP contribution in [0.1, 0.15) is 29.9 Å². The Labute approximate surface area is 171 Å². The van der Waals surface area contributed by atoms with E-state index in [1.54, 1.807) is 17.8 Å². The van der Waals surface area contributed by atoms with Crippen LogP contribution in [0, 0.1) is 5.82 Å². The lowest BCUT2D eigenvalue weighted by Crippen LogP contribution is -2.24. The number of nitrogens with zero attached hydrogens (tertiary/aromatic N) is 1. The summed E-state index contributed by atoms with van der Waals surface area (Å²) in [6, 6.07) is 15.1. The van der Waals surface area contributed by atoms with Crippen molar-refractivity contribution >= 4 is 23.2 Å². The molecule has 3 rings (SSSR count). The number of rotatable bonds is 8. The zero-order valence-corrected chi connectivity index (χ0v) is 17.3. The number of hydrogen-bond donors (Lipinski definition) is 1. The van der Waals surface area contributed by atoms with Crippen LogP contribution in [0.5, 0.6) is 0 Å². The molecule has 0 radical (unpaired) electrons. The van der Waals surface area contributed by atoms with Gasteiger partial charge in [0.25, 0.3) is 0 Å². The summed E-state index contributed by atoms with van der Waals surface area (Å²) >= 11 is 1.80. The molecule has 0 aliphatic heterocycles. The Balaban J connectivity index is 1.46. The van der Waals surface area contributed by atoms with Crippen molar-refractivity contribution in [1.29, 1.82) is 0 Å².